The van der Waals surface area contributed by atoms with Crippen LogP contribution in [0.15, 0.2) is 235 Å². The van der Waals surface area contributed by atoms with Gasteiger partial charge in [-0.3, -0.25) is 0 Å². The van der Waals surface area contributed by atoms with Gasteiger partial charge in [-0.15, -0.1) is 0 Å². The van der Waals surface area contributed by atoms with Crippen LogP contribution in [0.2, 0.25) is 0 Å². The molecule has 0 saturated carbocycles. The summed E-state index contributed by atoms with van der Waals surface area (Å²) in [5, 5.41) is 7.80. The zero-order valence-corrected chi connectivity index (χ0v) is 36.1. The second kappa shape index (κ2) is 15.9. The van der Waals surface area contributed by atoms with Gasteiger partial charge < -0.3 is 4.42 Å². The predicted octanol–water partition coefficient (Wildman–Crippen LogP) is 16.3. The Morgan fingerprint density at radius 1 is 0.284 bits per heavy atom. The van der Waals surface area contributed by atoms with Crippen LogP contribution in [0.25, 0.3) is 133 Å². The summed E-state index contributed by atoms with van der Waals surface area (Å²) in [7, 11) is 0. The Morgan fingerprint density at radius 3 is 1.33 bits per heavy atom. The summed E-state index contributed by atoms with van der Waals surface area (Å²) in [5.74, 6) is 1.79. The molecule has 0 spiro atoms. The van der Waals surface area contributed by atoms with E-state index in [1.807, 2.05) is 24.3 Å². The molecule has 5 heteroatoms. The van der Waals surface area contributed by atoms with E-state index in [9.17, 15) is 0 Å². The Labute approximate surface area is 386 Å². The summed E-state index contributed by atoms with van der Waals surface area (Å²) in [4.78, 5) is 21.0. The summed E-state index contributed by atoms with van der Waals surface area (Å²) in [6.07, 6.45) is 0. The highest BCUT2D eigenvalue weighted by Gasteiger charge is 2.21. The Hall–Kier alpha value is -9.06. The van der Waals surface area contributed by atoms with Crippen molar-refractivity contribution in [3.05, 3.63) is 231 Å². The van der Waals surface area contributed by atoms with Gasteiger partial charge in [0.15, 0.2) is 17.5 Å². The fourth-order valence-electron chi connectivity index (χ4n) is 9.61. The maximum atomic E-state index is 6.78. The average Bonchev–Trinajstić information content (AvgIpc) is 3.81. The summed E-state index contributed by atoms with van der Waals surface area (Å²) in [6, 6.07) is 80.4. The van der Waals surface area contributed by atoms with Crippen molar-refractivity contribution >= 4 is 54.4 Å². The number of benzene rings is 10. The summed E-state index contributed by atoms with van der Waals surface area (Å²) < 4.78 is 6.78. The number of pyridine rings is 1. The molecule has 0 aliphatic heterocycles. The largest absolute Gasteiger partial charge is 0.455 e. The van der Waals surface area contributed by atoms with Gasteiger partial charge in [0.2, 0.25) is 0 Å². The first-order chi connectivity index (χ1) is 33.2. The fourth-order valence-corrected chi connectivity index (χ4v) is 9.61. The first kappa shape index (κ1) is 38.4. The summed E-state index contributed by atoms with van der Waals surface area (Å²) >= 11 is 0. The lowest BCUT2D eigenvalue weighted by atomic mass is 9.91. The number of furan rings is 1. The third kappa shape index (κ3) is 6.72. The average molecular weight is 855 g/mol. The minimum atomic E-state index is 0.585. The molecule has 0 N–H and O–H groups in total. The van der Waals surface area contributed by atoms with Gasteiger partial charge >= 0.3 is 0 Å². The van der Waals surface area contributed by atoms with E-state index in [-0.39, 0.29) is 0 Å². The standard InChI is InChI=1S/C62H38N4O/c1-3-14-39(15-4-1)41-26-32-44(33-27-41)60-64-61(45-34-28-42(29-35-45)40-16-5-2-6-17-40)66-62(65-60)46-36-30-43(31-37-46)57-56-52-22-11-12-25-55(52)67-59(56)53-24-13-23-51(58(53)63-57)54-38-47-18-7-8-19-48(47)49-20-9-10-21-50(49)54/h1-38H. The minimum absolute atomic E-state index is 0.585. The van der Waals surface area contributed by atoms with Crippen molar-refractivity contribution in [1.82, 2.24) is 19.9 Å². The highest BCUT2D eigenvalue weighted by molar-refractivity contribution is 6.22. The van der Waals surface area contributed by atoms with Crippen molar-refractivity contribution in [3.8, 4) is 78.8 Å². The maximum absolute atomic E-state index is 6.78. The van der Waals surface area contributed by atoms with Gasteiger partial charge in [0, 0.05) is 38.6 Å². The zero-order chi connectivity index (χ0) is 44.3. The zero-order valence-electron chi connectivity index (χ0n) is 36.1. The van der Waals surface area contributed by atoms with Gasteiger partial charge in [0.05, 0.1) is 16.6 Å². The van der Waals surface area contributed by atoms with Crippen LogP contribution in [-0.4, -0.2) is 19.9 Å². The van der Waals surface area contributed by atoms with Gasteiger partial charge in [0.25, 0.3) is 0 Å². The highest BCUT2D eigenvalue weighted by Crippen LogP contribution is 2.44. The fraction of sp³-hybridized carbons (Fsp3) is 0. The van der Waals surface area contributed by atoms with E-state index in [0.717, 1.165) is 94.2 Å². The van der Waals surface area contributed by atoms with Gasteiger partial charge in [-0.05, 0) is 67.6 Å². The number of aromatic nitrogens is 4. The van der Waals surface area contributed by atoms with Crippen LogP contribution in [0.3, 0.4) is 0 Å². The molecule has 5 nitrogen and oxygen atoms in total. The molecular weight excluding hydrogens is 817 g/mol. The Balaban J connectivity index is 0.960. The van der Waals surface area contributed by atoms with Crippen LogP contribution in [0.5, 0.6) is 0 Å². The first-order valence-corrected chi connectivity index (χ1v) is 22.5. The molecule has 13 aromatic rings. The first-order valence-electron chi connectivity index (χ1n) is 22.5. The molecule has 312 valence electrons. The lowest BCUT2D eigenvalue weighted by Gasteiger charge is -2.14. The van der Waals surface area contributed by atoms with E-state index >= 15 is 0 Å². The van der Waals surface area contributed by atoms with E-state index in [4.69, 9.17) is 24.4 Å². The Bertz CT molecular complexity index is 3890. The van der Waals surface area contributed by atoms with Gasteiger partial charge in [-0.2, -0.15) is 0 Å². The molecule has 67 heavy (non-hydrogen) atoms. The second-order valence-corrected chi connectivity index (χ2v) is 16.9. The number of hydrogen-bond acceptors (Lipinski definition) is 5. The van der Waals surface area contributed by atoms with Crippen LogP contribution in [0.4, 0.5) is 0 Å². The molecule has 3 aromatic heterocycles. The number of fused-ring (bicyclic) bond motifs is 8. The van der Waals surface area contributed by atoms with E-state index in [2.05, 4.69) is 206 Å². The number of rotatable bonds is 7. The summed E-state index contributed by atoms with van der Waals surface area (Å²) in [6.45, 7) is 0. The van der Waals surface area contributed by atoms with Crippen molar-refractivity contribution in [3.63, 3.8) is 0 Å². The molecule has 0 unspecified atom stereocenters. The molecule has 3 heterocycles. The molecule has 0 radical (unpaired) electrons. The van der Waals surface area contributed by atoms with Crippen LogP contribution in [-0.2, 0) is 0 Å². The number of nitrogens with zero attached hydrogens (tertiary/aromatic N) is 4. The molecule has 0 aliphatic carbocycles. The monoisotopic (exact) mass is 854 g/mol. The molecule has 0 fully saturated rings. The normalized spacial score (nSPS) is 11.6. The lowest BCUT2D eigenvalue weighted by molar-refractivity contribution is 0.672. The molecule has 0 aliphatic rings. The third-order valence-electron chi connectivity index (χ3n) is 12.9. The molecular formula is C62H38N4O. The van der Waals surface area contributed by atoms with E-state index in [1.165, 1.54) is 21.5 Å². The van der Waals surface area contributed by atoms with Crippen molar-refractivity contribution in [2.45, 2.75) is 0 Å². The van der Waals surface area contributed by atoms with E-state index in [0.29, 0.717) is 17.5 Å². The van der Waals surface area contributed by atoms with Gasteiger partial charge in [-0.25, -0.2) is 19.9 Å². The van der Waals surface area contributed by atoms with Crippen LogP contribution in [0, 0.1) is 0 Å². The lowest BCUT2D eigenvalue weighted by Crippen LogP contribution is -2.00. The van der Waals surface area contributed by atoms with Crippen LogP contribution in [0.1, 0.15) is 0 Å². The second-order valence-electron chi connectivity index (χ2n) is 16.9. The highest BCUT2D eigenvalue weighted by atomic mass is 16.3. The quantitative estimate of drug-likeness (QED) is 0.149. The van der Waals surface area contributed by atoms with Crippen LogP contribution >= 0.6 is 0 Å². The molecule has 13 rings (SSSR count). The van der Waals surface area contributed by atoms with E-state index < -0.39 is 0 Å². The smallest absolute Gasteiger partial charge is 0.164 e. The topological polar surface area (TPSA) is 64.7 Å². The van der Waals surface area contributed by atoms with Crippen LogP contribution < -0.4 is 0 Å². The molecule has 0 atom stereocenters. The molecule has 10 aromatic carbocycles. The molecule has 0 saturated heterocycles. The van der Waals surface area contributed by atoms with Gasteiger partial charge in [-0.1, -0.05) is 212 Å². The van der Waals surface area contributed by atoms with E-state index in [1.54, 1.807) is 0 Å². The van der Waals surface area contributed by atoms with Gasteiger partial charge in [0.1, 0.15) is 11.2 Å². The third-order valence-corrected chi connectivity index (χ3v) is 12.9. The Morgan fingerprint density at radius 2 is 0.731 bits per heavy atom. The predicted molar refractivity (Wildman–Crippen MR) is 275 cm³/mol. The number of hydrogen-bond donors (Lipinski definition) is 0. The molecule has 0 amide bonds. The molecule has 0 bridgehead atoms. The summed E-state index contributed by atoms with van der Waals surface area (Å²) in [5.41, 5.74) is 13.8. The maximum Gasteiger partial charge on any atom is 0.164 e. The van der Waals surface area contributed by atoms with Crippen molar-refractivity contribution < 1.29 is 4.42 Å². The van der Waals surface area contributed by atoms with Crippen molar-refractivity contribution in [1.29, 1.82) is 0 Å². The SMILES string of the molecule is c1ccc(-c2ccc(-c3nc(-c4ccc(-c5ccccc5)cc4)nc(-c4ccc(-c5nc6c(-c7cc8ccccc8c8ccccc78)cccc6c6oc7ccccc7c56)cc4)n3)cc2)cc1. The Kier molecular flexibility index (Phi) is 9.10. The number of para-hydroxylation sites is 2. The van der Waals surface area contributed by atoms with Crippen molar-refractivity contribution in [2.24, 2.45) is 0 Å². The minimum Gasteiger partial charge on any atom is -0.455 e. The van der Waals surface area contributed by atoms with Crippen molar-refractivity contribution in [2.75, 3.05) is 0 Å².